The summed E-state index contributed by atoms with van der Waals surface area (Å²) in [6, 6.07) is 6.94. The molecule has 4 N–H and O–H groups in total. The molecule has 1 atom stereocenters. The van der Waals surface area contributed by atoms with E-state index in [1.165, 1.54) is 7.05 Å². The summed E-state index contributed by atoms with van der Waals surface area (Å²) in [6.07, 6.45) is -2.21. The van der Waals surface area contributed by atoms with Gasteiger partial charge in [-0.2, -0.15) is 18.3 Å². The summed E-state index contributed by atoms with van der Waals surface area (Å²) in [5.74, 6) is -1.84. The van der Waals surface area contributed by atoms with Gasteiger partial charge in [0, 0.05) is 24.5 Å². The number of aliphatic imine (C=N–C) groups is 1. The third-order valence-corrected chi connectivity index (χ3v) is 4.19. The number of nitrogens with zero attached hydrogens (tertiary/aromatic N) is 3. The SMILES string of the molecule is CNC1=C(C(F)(F)F)C=NC(N)(c2cn(-c3ccc(Cl)cc3)nc2C)N1. The monoisotopic (exact) mass is 384 g/mol. The minimum Gasteiger partial charge on any atom is -0.374 e. The normalized spacial score (nSPS) is 20.3. The molecule has 3 rings (SSSR count). The van der Waals surface area contributed by atoms with E-state index in [2.05, 4.69) is 20.7 Å². The Hall–Kier alpha value is -2.52. The van der Waals surface area contributed by atoms with E-state index in [4.69, 9.17) is 17.3 Å². The molecule has 0 amide bonds. The fourth-order valence-corrected chi connectivity index (χ4v) is 2.76. The van der Waals surface area contributed by atoms with Gasteiger partial charge < -0.3 is 10.6 Å². The molecule has 1 aromatic carbocycles. The average Bonchev–Trinajstić information content (AvgIpc) is 2.97. The van der Waals surface area contributed by atoms with Crippen LogP contribution in [-0.2, 0) is 5.79 Å². The fraction of sp³-hybridized carbons (Fsp3) is 0.250. The first kappa shape index (κ1) is 18.3. The molecule has 2 heterocycles. The molecule has 0 spiro atoms. The van der Waals surface area contributed by atoms with Crippen LogP contribution < -0.4 is 16.4 Å². The highest BCUT2D eigenvalue weighted by molar-refractivity contribution is 6.30. The van der Waals surface area contributed by atoms with Crippen molar-refractivity contribution in [3.63, 3.8) is 0 Å². The topological polar surface area (TPSA) is 80.3 Å². The van der Waals surface area contributed by atoms with E-state index in [1.54, 1.807) is 42.1 Å². The summed E-state index contributed by atoms with van der Waals surface area (Å²) in [5, 5.41) is 10.1. The van der Waals surface area contributed by atoms with Crippen LogP contribution in [0.1, 0.15) is 11.3 Å². The van der Waals surface area contributed by atoms with Crippen molar-refractivity contribution < 1.29 is 13.2 Å². The molecule has 0 aliphatic carbocycles. The molecule has 26 heavy (non-hydrogen) atoms. The van der Waals surface area contributed by atoms with Crippen molar-refractivity contribution in [3.05, 3.63) is 58.1 Å². The van der Waals surface area contributed by atoms with Crippen molar-refractivity contribution in [2.24, 2.45) is 10.7 Å². The van der Waals surface area contributed by atoms with Gasteiger partial charge in [0.2, 0.25) is 5.79 Å². The maximum Gasteiger partial charge on any atom is 0.421 e. The quantitative estimate of drug-likeness (QED) is 0.760. The maximum atomic E-state index is 13.1. The first-order valence-electron chi connectivity index (χ1n) is 7.58. The lowest BCUT2D eigenvalue weighted by Crippen LogP contribution is -2.54. The van der Waals surface area contributed by atoms with Gasteiger partial charge in [0.05, 0.1) is 16.9 Å². The van der Waals surface area contributed by atoms with Crippen LogP contribution in [0.2, 0.25) is 5.02 Å². The molecule has 0 fully saturated rings. The van der Waals surface area contributed by atoms with E-state index in [0.717, 1.165) is 11.9 Å². The number of alkyl halides is 3. The van der Waals surface area contributed by atoms with Gasteiger partial charge in [-0.1, -0.05) is 11.6 Å². The molecule has 1 unspecified atom stereocenters. The standard InChI is InChI=1S/C16H16ClF3N6/c1-9-13(8-26(25-9)11-5-3-10(17)4-6-11)16(21)23-7-12(15(18,19)20)14(22-2)24-16/h3-8,22,24H,21H2,1-2H3. The van der Waals surface area contributed by atoms with Crippen LogP contribution in [0.5, 0.6) is 0 Å². The zero-order chi connectivity index (χ0) is 19.1. The number of hydrogen-bond donors (Lipinski definition) is 3. The minimum atomic E-state index is -4.56. The molecule has 138 valence electrons. The Balaban J connectivity index is 1.99. The van der Waals surface area contributed by atoms with E-state index in [0.29, 0.717) is 16.3 Å². The number of nitrogens with one attached hydrogen (secondary N) is 2. The van der Waals surface area contributed by atoms with Gasteiger partial charge in [-0.15, -0.1) is 0 Å². The molecule has 0 saturated carbocycles. The van der Waals surface area contributed by atoms with Crippen molar-refractivity contribution in [1.29, 1.82) is 0 Å². The summed E-state index contributed by atoms with van der Waals surface area (Å²) in [7, 11) is 1.37. The Morgan fingerprint density at radius 1 is 1.27 bits per heavy atom. The summed E-state index contributed by atoms with van der Waals surface area (Å²) in [4.78, 5) is 3.91. The highest BCUT2D eigenvalue weighted by Gasteiger charge is 2.42. The third-order valence-electron chi connectivity index (χ3n) is 3.94. The second-order valence-electron chi connectivity index (χ2n) is 5.74. The molecule has 0 saturated heterocycles. The van der Waals surface area contributed by atoms with Gasteiger partial charge in [0.1, 0.15) is 11.4 Å². The molecule has 1 aliphatic heterocycles. The van der Waals surface area contributed by atoms with E-state index >= 15 is 0 Å². The van der Waals surface area contributed by atoms with Crippen molar-refractivity contribution in [1.82, 2.24) is 20.4 Å². The molecule has 0 bridgehead atoms. The van der Waals surface area contributed by atoms with E-state index in [-0.39, 0.29) is 5.82 Å². The van der Waals surface area contributed by atoms with E-state index in [1.807, 2.05) is 0 Å². The lowest BCUT2D eigenvalue weighted by Gasteiger charge is -2.33. The molecule has 1 aliphatic rings. The predicted octanol–water partition coefficient (Wildman–Crippen LogP) is 2.57. The van der Waals surface area contributed by atoms with Crippen LogP contribution in [0.15, 0.2) is 46.8 Å². The highest BCUT2D eigenvalue weighted by Crippen LogP contribution is 2.31. The largest absolute Gasteiger partial charge is 0.421 e. The van der Waals surface area contributed by atoms with Crippen LogP contribution in [0.4, 0.5) is 13.2 Å². The lowest BCUT2D eigenvalue weighted by atomic mass is 10.1. The average molecular weight is 385 g/mol. The number of halogens is 4. The zero-order valence-corrected chi connectivity index (χ0v) is 14.7. The molecule has 6 nitrogen and oxygen atoms in total. The van der Waals surface area contributed by atoms with E-state index < -0.39 is 17.5 Å². The Morgan fingerprint density at radius 2 is 1.92 bits per heavy atom. The van der Waals surface area contributed by atoms with Crippen LogP contribution in [-0.4, -0.2) is 29.2 Å². The summed E-state index contributed by atoms with van der Waals surface area (Å²) in [5.41, 5.74) is 7.01. The minimum absolute atomic E-state index is 0.256. The number of aromatic nitrogens is 2. The van der Waals surface area contributed by atoms with Crippen LogP contribution in [0.3, 0.4) is 0 Å². The lowest BCUT2D eigenvalue weighted by molar-refractivity contribution is -0.0875. The Bertz CT molecular complexity index is 884. The van der Waals surface area contributed by atoms with Gasteiger partial charge in [-0.25, -0.2) is 9.67 Å². The summed E-state index contributed by atoms with van der Waals surface area (Å²) >= 11 is 5.88. The van der Waals surface area contributed by atoms with Crippen molar-refractivity contribution in [2.45, 2.75) is 18.9 Å². The Morgan fingerprint density at radius 3 is 2.50 bits per heavy atom. The number of hydrogen-bond acceptors (Lipinski definition) is 5. The Kier molecular flexibility index (Phi) is 4.45. The van der Waals surface area contributed by atoms with Crippen LogP contribution >= 0.6 is 11.6 Å². The maximum absolute atomic E-state index is 13.1. The summed E-state index contributed by atoms with van der Waals surface area (Å²) < 4.78 is 40.8. The molecular weight excluding hydrogens is 369 g/mol. The number of allylic oxidation sites excluding steroid dienone is 1. The van der Waals surface area contributed by atoms with Crippen molar-refractivity contribution in [2.75, 3.05) is 7.05 Å². The van der Waals surface area contributed by atoms with Gasteiger partial charge in [-0.05, 0) is 31.2 Å². The third kappa shape index (κ3) is 3.27. The number of rotatable bonds is 3. The van der Waals surface area contributed by atoms with Gasteiger partial charge in [0.25, 0.3) is 0 Å². The second kappa shape index (κ2) is 6.33. The number of nitrogens with two attached hydrogens (primary N) is 1. The summed E-state index contributed by atoms with van der Waals surface area (Å²) in [6.45, 7) is 1.70. The molecular formula is C16H16ClF3N6. The second-order valence-corrected chi connectivity index (χ2v) is 6.17. The van der Waals surface area contributed by atoms with Gasteiger partial charge in [-0.3, -0.25) is 5.73 Å². The predicted molar refractivity (Wildman–Crippen MR) is 92.9 cm³/mol. The zero-order valence-electron chi connectivity index (χ0n) is 13.9. The van der Waals surface area contributed by atoms with Gasteiger partial charge >= 0.3 is 6.18 Å². The molecule has 0 radical (unpaired) electrons. The first-order chi connectivity index (χ1) is 12.1. The molecule has 2 aromatic rings. The fourth-order valence-electron chi connectivity index (χ4n) is 2.63. The van der Waals surface area contributed by atoms with Crippen molar-refractivity contribution in [3.8, 4) is 5.69 Å². The smallest absolute Gasteiger partial charge is 0.374 e. The highest BCUT2D eigenvalue weighted by atomic mass is 35.5. The van der Waals surface area contributed by atoms with Crippen molar-refractivity contribution >= 4 is 17.8 Å². The molecule has 1 aromatic heterocycles. The number of benzene rings is 1. The van der Waals surface area contributed by atoms with Crippen LogP contribution in [0, 0.1) is 6.92 Å². The molecule has 10 heteroatoms. The van der Waals surface area contributed by atoms with E-state index in [9.17, 15) is 13.2 Å². The first-order valence-corrected chi connectivity index (χ1v) is 7.96. The van der Waals surface area contributed by atoms with Crippen LogP contribution in [0.25, 0.3) is 5.69 Å². The number of aryl methyl sites for hydroxylation is 1. The van der Waals surface area contributed by atoms with Gasteiger partial charge in [0.15, 0.2) is 0 Å². The Labute approximate surface area is 152 Å².